The molecule has 0 aliphatic heterocycles. The summed E-state index contributed by atoms with van der Waals surface area (Å²) in [6.07, 6.45) is 38.9. The Kier molecular flexibility index (Phi) is 34.3. The summed E-state index contributed by atoms with van der Waals surface area (Å²) in [5.74, 6) is -0.901. The third-order valence-electron chi connectivity index (χ3n) is 8.44. The van der Waals surface area contributed by atoms with Crippen LogP contribution in [0.3, 0.4) is 0 Å². The van der Waals surface area contributed by atoms with Gasteiger partial charge in [0.2, 0.25) is 0 Å². The van der Waals surface area contributed by atoms with Crippen molar-refractivity contribution in [3.63, 3.8) is 0 Å². The molecule has 48 heavy (non-hydrogen) atoms. The second-order valence-corrected chi connectivity index (χ2v) is 14.5. The second kappa shape index (κ2) is 35.4. The molecule has 0 aromatic heterocycles. The van der Waals surface area contributed by atoms with Crippen molar-refractivity contribution in [2.45, 2.75) is 200 Å². The van der Waals surface area contributed by atoms with Gasteiger partial charge in [-0.05, 0) is 64.2 Å². The summed E-state index contributed by atoms with van der Waals surface area (Å²) >= 11 is 0. The molecule has 0 aromatic carbocycles. The zero-order valence-corrected chi connectivity index (χ0v) is 31.8. The third kappa shape index (κ3) is 37.4. The lowest BCUT2D eigenvalue weighted by molar-refractivity contribution is -0.161. The normalized spacial score (nSPS) is 12.7. The van der Waals surface area contributed by atoms with Crippen molar-refractivity contribution in [2.75, 3.05) is 13.2 Å². The van der Waals surface area contributed by atoms with Gasteiger partial charge in [0.15, 0.2) is 6.10 Å². The predicted octanol–water partition coefficient (Wildman–Crippen LogP) is 11.6. The molecule has 0 saturated carbocycles. The van der Waals surface area contributed by atoms with Gasteiger partial charge in [0, 0.05) is 12.8 Å². The van der Waals surface area contributed by atoms with E-state index in [9.17, 15) is 14.2 Å². The molecule has 0 aliphatic carbocycles. The van der Waals surface area contributed by atoms with Gasteiger partial charge in [0.25, 0.3) is 0 Å². The Bertz CT molecular complexity index is 838. The van der Waals surface area contributed by atoms with E-state index in [2.05, 4.69) is 42.7 Å². The number of esters is 2. The molecule has 8 nitrogen and oxygen atoms in total. The molecular weight excluding hydrogens is 627 g/mol. The Morgan fingerprint density at radius 2 is 0.875 bits per heavy atom. The van der Waals surface area contributed by atoms with Crippen molar-refractivity contribution in [1.82, 2.24) is 0 Å². The van der Waals surface area contributed by atoms with E-state index in [1.165, 1.54) is 89.9 Å². The first kappa shape index (κ1) is 46.5. The number of carbonyl (C=O) groups is 2. The van der Waals surface area contributed by atoms with Crippen LogP contribution >= 0.6 is 7.82 Å². The zero-order chi connectivity index (χ0) is 35.4. The van der Waals surface area contributed by atoms with Crippen molar-refractivity contribution < 1.29 is 37.9 Å². The van der Waals surface area contributed by atoms with Crippen molar-refractivity contribution in [1.29, 1.82) is 0 Å². The Morgan fingerprint density at radius 1 is 0.521 bits per heavy atom. The van der Waals surface area contributed by atoms with Gasteiger partial charge in [0.1, 0.15) is 6.61 Å². The molecule has 0 saturated heterocycles. The van der Waals surface area contributed by atoms with Crippen molar-refractivity contribution in [2.24, 2.45) is 0 Å². The molecule has 0 rings (SSSR count). The number of hydrogen-bond donors (Lipinski definition) is 2. The van der Waals surface area contributed by atoms with E-state index >= 15 is 0 Å². The standard InChI is InChI=1S/C39H73O8P/c1-3-5-7-9-11-13-15-17-19-20-22-23-25-27-29-31-33-38(40)45-35-37(36-46-48(42,43)44)47-39(41)34-32-30-28-26-24-21-18-16-14-12-10-8-6-4-2/h16,18-20,37H,3-15,17,21-36H2,1-2H3,(H2,42,43,44)/b18-16-,20-19-/t37-/m1/s1. The van der Waals surface area contributed by atoms with E-state index in [-0.39, 0.29) is 19.4 Å². The van der Waals surface area contributed by atoms with Crippen LogP contribution in [0, 0.1) is 0 Å². The molecule has 2 N–H and O–H groups in total. The number of allylic oxidation sites excluding steroid dienone is 4. The smallest absolute Gasteiger partial charge is 0.462 e. The first-order valence-electron chi connectivity index (χ1n) is 19.6. The molecule has 0 aliphatic rings. The lowest BCUT2D eigenvalue weighted by atomic mass is 10.1. The predicted molar refractivity (Wildman–Crippen MR) is 198 cm³/mol. The summed E-state index contributed by atoms with van der Waals surface area (Å²) in [5, 5.41) is 0. The highest BCUT2D eigenvalue weighted by molar-refractivity contribution is 7.46. The molecule has 0 unspecified atom stereocenters. The number of phosphoric ester groups is 1. The Hall–Kier alpha value is -1.47. The third-order valence-corrected chi connectivity index (χ3v) is 8.93. The Balaban J connectivity index is 3.96. The van der Waals surface area contributed by atoms with Crippen molar-refractivity contribution in [3.05, 3.63) is 24.3 Å². The van der Waals surface area contributed by atoms with Crippen LogP contribution in [0.15, 0.2) is 24.3 Å². The van der Waals surface area contributed by atoms with Crippen molar-refractivity contribution in [3.8, 4) is 0 Å². The van der Waals surface area contributed by atoms with E-state index in [4.69, 9.17) is 19.3 Å². The summed E-state index contributed by atoms with van der Waals surface area (Å²) in [6.45, 7) is 3.66. The maximum Gasteiger partial charge on any atom is 0.469 e. The fourth-order valence-electron chi connectivity index (χ4n) is 5.48. The number of phosphoric acid groups is 1. The fraction of sp³-hybridized carbons (Fsp3) is 0.846. The average Bonchev–Trinajstić information content (AvgIpc) is 3.05. The number of ether oxygens (including phenoxy) is 2. The minimum atomic E-state index is -4.75. The quantitative estimate of drug-likeness (QED) is 0.0287. The highest BCUT2D eigenvalue weighted by Gasteiger charge is 2.22. The van der Waals surface area contributed by atoms with Gasteiger partial charge in [-0.15, -0.1) is 0 Å². The van der Waals surface area contributed by atoms with Crippen LogP contribution in [0.25, 0.3) is 0 Å². The average molecular weight is 701 g/mol. The minimum Gasteiger partial charge on any atom is -0.462 e. The largest absolute Gasteiger partial charge is 0.469 e. The number of hydrogen-bond acceptors (Lipinski definition) is 6. The Labute approximate surface area is 294 Å². The van der Waals surface area contributed by atoms with E-state index < -0.39 is 32.5 Å². The fourth-order valence-corrected chi connectivity index (χ4v) is 5.84. The van der Waals surface area contributed by atoms with Gasteiger partial charge in [-0.2, -0.15) is 0 Å². The number of unbranched alkanes of at least 4 members (excludes halogenated alkanes) is 22. The molecule has 0 radical (unpaired) electrons. The molecule has 0 heterocycles. The van der Waals surface area contributed by atoms with Gasteiger partial charge in [-0.25, -0.2) is 4.57 Å². The molecule has 0 amide bonds. The van der Waals surface area contributed by atoms with Gasteiger partial charge < -0.3 is 19.3 Å². The molecule has 282 valence electrons. The lowest BCUT2D eigenvalue weighted by Crippen LogP contribution is -2.29. The highest BCUT2D eigenvalue weighted by atomic mass is 31.2. The van der Waals surface area contributed by atoms with E-state index in [0.29, 0.717) is 12.8 Å². The SMILES string of the molecule is CCCCCCC/C=C\CCCCCCCC(=O)O[C@H](COC(=O)CCCCCCC/C=C\CCCCCCCCC)COP(=O)(O)O. The molecule has 9 heteroatoms. The van der Waals surface area contributed by atoms with Crippen LogP contribution in [0.5, 0.6) is 0 Å². The molecule has 0 spiro atoms. The lowest BCUT2D eigenvalue weighted by Gasteiger charge is -2.18. The van der Waals surface area contributed by atoms with Crippen LogP contribution in [0.1, 0.15) is 194 Å². The van der Waals surface area contributed by atoms with E-state index in [1.54, 1.807) is 0 Å². The second-order valence-electron chi connectivity index (χ2n) is 13.2. The van der Waals surface area contributed by atoms with Gasteiger partial charge in [0.05, 0.1) is 6.61 Å². The van der Waals surface area contributed by atoms with Gasteiger partial charge >= 0.3 is 19.8 Å². The van der Waals surface area contributed by atoms with E-state index in [0.717, 1.165) is 64.2 Å². The van der Waals surface area contributed by atoms with Crippen LogP contribution in [-0.4, -0.2) is 41.0 Å². The van der Waals surface area contributed by atoms with Crippen LogP contribution in [-0.2, 0) is 28.2 Å². The first-order valence-corrected chi connectivity index (χ1v) is 21.2. The first-order chi connectivity index (χ1) is 23.3. The summed E-state index contributed by atoms with van der Waals surface area (Å²) in [7, 11) is -4.75. The van der Waals surface area contributed by atoms with Crippen LogP contribution in [0.2, 0.25) is 0 Å². The molecule has 0 aromatic rings. The summed E-state index contributed by atoms with van der Waals surface area (Å²) in [6, 6.07) is 0. The number of rotatable bonds is 36. The molecular formula is C39H73O8P. The monoisotopic (exact) mass is 701 g/mol. The maximum absolute atomic E-state index is 12.4. The Morgan fingerprint density at radius 3 is 1.27 bits per heavy atom. The zero-order valence-electron chi connectivity index (χ0n) is 30.9. The van der Waals surface area contributed by atoms with Crippen molar-refractivity contribution >= 4 is 19.8 Å². The van der Waals surface area contributed by atoms with Gasteiger partial charge in [-0.3, -0.25) is 14.1 Å². The molecule has 0 fully saturated rings. The maximum atomic E-state index is 12.4. The minimum absolute atomic E-state index is 0.202. The highest BCUT2D eigenvalue weighted by Crippen LogP contribution is 2.36. The summed E-state index contributed by atoms with van der Waals surface area (Å²) < 4.78 is 26.3. The van der Waals surface area contributed by atoms with Crippen LogP contribution < -0.4 is 0 Å². The molecule has 0 bridgehead atoms. The van der Waals surface area contributed by atoms with E-state index in [1.807, 2.05) is 0 Å². The van der Waals surface area contributed by atoms with Gasteiger partial charge in [-0.1, -0.05) is 141 Å². The summed E-state index contributed by atoms with van der Waals surface area (Å²) in [5.41, 5.74) is 0. The molecule has 1 atom stereocenters. The number of carbonyl (C=O) groups excluding carboxylic acids is 2. The summed E-state index contributed by atoms with van der Waals surface area (Å²) in [4.78, 5) is 42.7. The van der Waals surface area contributed by atoms with Crippen LogP contribution in [0.4, 0.5) is 0 Å². The topological polar surface area (TPSA) is 119 Å².